The van der Waals surface area contributed by atoms with E-state index in [4.69, 9.17) is 9.47 Å². The summed E-state index contributed by atoms with van der Waals surface area (Å²) in [6, 6.07) is 17.1. The first-order valence-electron chi connectivity index (χ1n) is 14.3. The van der Waals surface area contributed by atoms with Crippen LogP contribution < -0.4 is 0 Å². The molecule has 10 nitrogen and oxygen atoms in total. The number of aliphatic imine (C=N–C) groups is 1. The molecule has 0 N–H and O–H groups in total. The van der Waals surface area contributed by atoms with Crippen LogP contribution in [0.2, 0.25) is 0 Å². The normalized spacial score (nSPS) is 27.5. The van der Waals surface area contributed by atoms with Crippen molar-refractivity contribution >= 4 is 27.9 Å². The highest BCUT2D eigenvalue weighted by Gasteiger charge is 2.58. The van der Waals surface area contributed by atoms with Crippen LogP contribution >= 0.6 is 0 Å². The summed E-state index contributed by atoms with van der Waals surface area (Å²) >= 11 is 0. The predicted octanol–water partition coefficient (Wildman–Crippen LogP) is 3.81. The topological polar surface area (TPSA) is 123 Å². The maximum Gasteiger partial charge on any atom is 0.410 e. The third kappa shape index (κ3) is 6.14. The van der Waals surface area contributed by atoms with E-state index in [1.165, 1.54) is 6.08 Å². The summed E-state index contributed by atoms with van der Waals surface area (Å²) in [6.07, 6.45) is 1.77. The van der Waals surface area contributed by atoms with Crippen molar-refractivity contribution in [2.24, 2.45) is 22.7 Å². The maximum absolute atomic E-state index is 14.0. The SMILES string of the molecule is CC(C)(C)OC(=O)N1CC2CC(N3CCC(N=C=O)(OCc4ccccc4)C3=O)C(CS(=O)(=O)c3ccccc3)C2C1. The van der Waals surface area contributed by atoms with Crippen LogP contribution in [0.15, 0.2) is 70.6 Å². The number of fused-ring (bicyclic) bond motifs is 1. The first-order chi connectivity index (χ1) is 19.9. The van der Waals surface area contributed by atoms with Gasteiger partial charge in [-0.05, 0) is 62.6 Å². The van der Waals surface area contributed by atoms with Crippen molar-refractivity contribution in [3.63, 3.8) is 0 Å². The fraction of sp³-hybridized carbons (Fsp3) is 0.516. The molecule has 0 bridgehead atoms. The lowest BCUT2D eigenvalue weighted by atomic mass is 9.92. The Kier molecular flexibility index (Phi) is 8.29. The Morgan fingerprint density at radius 2 is 1.74 bits per heavy atom. The highest BCUT2D eigenvalue weighted by atomic mass is 32.2. The van der Waals surface area contributed by atoms with Gasteiger partial charge in [-0.2, -0.15) is 4.99 Å². The molecule has 5 rings (SSSR count). The second-order valence-corrected chi connectivity index (χ2v) is 14.4. The maximum atomic E-state index is 14.0. The van der Waals surface area contributed by atoms with E-state index in [0.717, 1.165) is 5.56 Å². The highest BCUT2D eigenvalue weighted by Crippen LogP contribution is 2.48. The monoisotopic (exact) mass is 595 g/mol. The fourth-order valence-corrected chi connectivity index (χ4v) is 8.33. The summed E-state index contributed by atoms with van der Waals surface area (Å²) in [7, 11) is -3.70. The summed E-state index contributed by atoms with van der Waals surface area (Å²) < 4.78 is 38.8. The quantitative estimate of drug-likeness (QED) is 0.336. The van der Waals surface area contributed by atoms with Crippen molar-refractivity contribution in [3.05, 3.63) is 66.2 Å². The second kappa shape index (κ2) is 11.6. The summed E-state index contributed by atoms with van der Waals surface area (Å²) in [5.41, 5.74) is -1.54. The number of nitrogens with zero attached hydrogens (tertiary/aromatic N) is 3. The van der Waals surface area contributed by atoms with Crippen molar-refractivity contribution in [1.29, 1.82) is 0 Å². The van der Waals surface area contributed by atoms with Crippen LogP contribution in [0, 0.1) is 17.8 Å². The van der Waals surface area contributed by atoms with Gasteiger partial charge in [0.05, 0.1) is 17.3 Å². The molecule has 3 fully saturated rings. The smallest absolute Gasteiger partial charge is 0.410 e. The minimum atomic E-state index is -3.70. The van der Waals surface area contributed by atoms with Gasteiger partial charge in [0.1, 0.15) is 5.60 Å². The van der Waals surface area contributed by atoms with Gasteiger partial charge in [0.2, 0.25) is 6.08 Å². The fourth-order valence-electron chi connectivity index (χ4n) is 6.59. The van der Waals surface area contributed by atoms with E-state index in [1.54, 1.807) is 60.9 Å². The average molecular weight is 596 g/mol. The third-order valence-corrected chi connectivity index (χ3v) is 10.3. The third-order valence-electron chi connectivity index (χ3n) is 8.48. The molecule has 224 valence electrons. The van der Waals surface area contributed by atoms with Crippen LogP contribution in [0.25, 0.3) is 0 Å². The van der Waals surface area contributed by atoms with Gasteiger partial charge in [0.15, 0.2) is 9.84 Å². The van der Waals surface area contributed by atoms with Crippen molar-refractivity contribution in [3.8, 4) is 0 Å². The number of carbonyl (C=O) groups excluding carboxylic acids is 3. The summed E-state index contributed by atoms with van der Waals surface area (Å²) in [4.78, 5) is 45.7. The van der Waals surface area contributed by atoms with Crippen LogP contribution in [0.1, 0.15) is 39.2 Å². The molecule has 1 aliphatic carbocycles. The van der Waals surface area contributed by atoms with Gasteiger partial charge in [-0.15, -0.1) is 0 Å². The number of hydrogen-bond donors (Lipinski definition) is 0. The Morgan fingerprint density at radius 3 is 2.38 bits per heavy atom. The predicted molar refractivity (Wildman–Crippen MR) is 154 cm³/mol. The molecule has 11 heteroatoms. The van der Waals surface area contributed by atoms with Crippen molar-refractivity contribution in [2.75, 3.05) is 25.4 Å². The van der Waals surface area contributed by atoms with Gasteiger partial charge >= 0.3 is 6.09 Å². The standard InChI is InChI=1S/C31H37N3O7S/c1-30(2,3)41-29(37)33-17-23-16-27(26(25(23)18-33)20-42(38,39)24-12-8-5-9-13-24)34-15-14-31(28(34)36,32-21-35)40-19-22-10-6-4-7-11-22/h4-13,23,25-27H,14-20H2,1-3H3. The van der Waals surface area contributed by atoms with E-state index in [2.05, 4.69) is 4.99 Å². The minimum absolute atomic E-state index is 0.0129. The van der Waals surface area contributed by atoms with Crippen molar-refractivity contribution in [2.45, 2.75) is 62.5 Å². The largest absolute Gasteiger partial charge is 0.444 e. The molecule has 1 saturated carbocycles. The Bertz CT molecular complexity index is 1450. The van der Waals surface area contributed by atoms with E-state index in [0.29, 0.717) is 19.5 Å². The Balaban J connectivity index is 1.41. The number of sulfone groups is 1. The molecular weight excluding hydrogens is 558 g/mol. The van der Waals surface area contributed by atoms with Crippen LogP contribution in [-0.4, -0.2) is 79.1 Å². The van der Waals surface area contributed by atoms with Crippen LogP contribution in [0.5, 0.6) is 0 Å². The Morgan fingerprint density at radius 1 is 1.07 bits per heavy atom. The molecule has 0 aromatic heterocycles. The number of carbonyl (C=O) groups is 2. The van der Waals surface area contributed by atoms with E-state index in [1.807, 2.05) is 30.3 Å². The molecular formula is C31H37N3O7S. The van der Waals surface area contributed by atoms with Crippen LogP contribution in [0.4, 0.5) is 4.79 Å². The van der Waals surface area contributed by atoms with Crippen molar-refractivity contribution < 1.29 is 32.3 Å². The van der Waals surface area contributed by atoms with Gasteiger partial charge in [0, 0.05) is 32.1 Å². The molecule has 2 heterocycles. The van der Waals surface area contributed by atoms with Gasteiger partial charge in [-0.3, -0.25) is 4.79 Å². The number of rotatable bonds is 8. The van der Waals surface area contributed by atoms with E-state index in [9.17, 15) is 22.8 Å². The number of hydrogen-bond acceptors (Lipinski definition) is 8. The minimum Gasteiger partial charge on any atom is -0.444 e. The number of amides is 2. The molecule has 42 heavy (non-hydrogen) atoms. The highest BCUT2D eigenvalue weighted by molar-refractivity contribution is 7.91. The van der Waals surface area contributed by atoms with Gasteiger partial charge in [0.25, 0.3) is 11.6 Å². The average Bonchev–Trinajstić information content (AvgIpc) is 3.60. The zero-order chi connectivity index (χ0) is 30.1. The first kappa shape index (κ1) is 29.9. The van der Waals surface area contributed by atoms with E-state index >= 15 is 0 Å². The first-order valence-corrected chi connectivity index (χ1v) is 15.9. The molecule has 2 aromatic rings. The number of benzene rings is 2. The molecule has 3 aliphatic rings. The Hall–Kier alpha value is -3.53. The lowest BCUT2D eigenvalue weighted by Gasteiger charge is -2.33. The summed E-state index contributed by atoms with van der Waals surface area (Å²) in [5, 5.41) is 0. The molecule has 5 atom stereocenters. The molecule has 0 radical (unpaired) electrons. The number of isocyanates is 1. The zero-order valence-corrected chi connectivity index (χ0v) is 25.0. The molecule has 5 unspecified atom stereocenters. The van der Waals surface area contributed by atoms with Crippen LogP contribution in [-0.2, 0) is 35.5 Å². The lowest BCUT2D eigenvalue weighted by Crippen LogP contribution is -2.48. The van der Waals surface area contributed by atoms with E-state index in [-0.39, 0.29) is 42.1 Å². The Labute approximate surface area is 246 Å². The molecule has 2 amide bonds. The summed E-state index contributed by atoms with van der Waals surface area (Å²) in [5.74, 6) is -1.24. The van der Waals surface area contributed by atoms with E-state index < -0.39 is 45.1 Å². The zero-order valence-electron chi connectivity index (χ0n) is 24.1. The van der Waals surface area contributed by atoms with Gasteiger partial charge < -0.3 is 19.3 Å². The van der Waals surface area contributed by atoms with Gasteiger partial charge in [-0.25, -0.2) is 18.0 Å². The number of ether oxygens (including phenoxy) is 2. The molecule has 2 saturated heterocycles. The molecule has 2 aromatic carbocycles. The summed E-state index contributed by atoms with van der Waals surface area (Å²) in [6.45, 7) is 6.52. The molecule has 2 aliphatic heterocycles. The van der Waals surface area contributed by atoms with Gasteiger partial charge in [-0.1, -0.05) is 48.5 Å². The number of likely N-dealkylation sites (tertiary alicyclic amines) is 2. The molecule has 0 spiro atoms. The second-order valence-electron chi connectivity index (χ2n) is 12.4. The lowest BCUT2D eigenvalue weighted by molar-refractivity contribution is -0.152. The van der Waals surface area contributed by atoms with Crippen LogP contribution in [0.3, 0.4) is 0 Å². The van der Waals surface area contributed by atoms with Crippen molar-refractivity contribution in [1.82, 2.24) is 9.80 Å².